The Bertz CT molecular complexity index is 691. The van der Waals surface area contributed by atoms with Crippen LogP contribution in [-0.2, 0) is 4.79 Å². The van der Waals surface area contributed by atoms with Gasteiger partial charge in [0.05, 0.1) is 12.1 Å². The van der Waals surface area contributed by atoms with E-state index in [1.807, 2.05) is 6.07 Å². The van der Waals surface area contributed by atoms with Gasteiger partial charge in [-0.15, -0.1) is 0 Å². The second-order valence-electron chi connectivity index (χ2n) is 6.72. The van der Waals surface area contributed by atoms with Gasteiger partial charge >= 0.3 is 0 Å². The van der Waals surface area contributed by atoms with Crippen LogP contribution in [0.25, 0.3) is 0 Å². The van der Waals surface area contributed by atoms with Gasteiger partial charge in [0, 0.05) is 37.4 Å². The van der Waals surface area contributed by atoms with E-state index in [4.69, 9.17) is 0 Å². The minimum atomic E-state index is 0.0396. The summed E-state index contributed by atoms with van der Waals surface area (Å²) in [6.45, 7) is 1.67. The van der Waals surface area contributed by atoms with Crippen molar-refractivity contribution in [3.63, 3.8) is 0 Å². The largest absolute Gasteiger partial charge is 0.355 e. The van der Waals surface area contributed by atoms with Gasteiger partial charge in [-0.2, -0.15) is 0 Å². The molecule has 5 nitrogen and oxygen atoms in total. The van der Waals surface area contributed by atoms with E-state index < -0.39 is 0 Å². The number of anilines is 1. The molecule has 5 heteroatoms. The molecule has 2 fully saturated rings. The zero-order valence-corrected chi connectivity index (χ0v) is 13.6. The summed E-state index contributed by atoms with van der Waals surface area (Å²) in [5, 5.41) is 3.24. The number of hydrogen-bond donors (Lipinski definition) is 1. The Morgan fingerprint density at radius 2 is 2.08 bits per heavy atom. The fourth-order valence-electron chi connectivity index (χ4n) is 3.58. The number of nitrogens with one attached hydrogen (secondary N) is 1. The molecule has 4 rings (SSSR count). The van der Waals surface area contributed by atoms with Gasteiger partial charge in [0.1, 0.15) is 5.82 Å². The quantitative estimate of drug-likeness (QED) is 0.939. The van der Waals surface area contributed by atoms with E-state index in [-0.39, 0.29) is 11.8 Å². The zero-order valence-electron chi connectivity index (χ0n) is 13.6. The van der Waals surface area contributed by atoms with E-state index in [2.05, 4.69) is 44.5 Å². The van der Waals surface area contributed by atoms with Crippen LogP contribution < -0.4 is 10.2 Å². The first kappa shape index (κ1) is 15.1. The molecule has 24 heavy (non-hydrogen) atoms. The summed E-state index contributed by atoms with van der Waals surface area (Å²) in [5.41, 5.74) is 1.33. The van der Waals surface area contributed by atoms with Crippen molar-refractivity contribution in [2.75, 3.05) is 18.0 Å². The van der Waals surface area contributed by atoms with Crippen LogP contribution >= 0.6 is 0 Å². The fourth-order valence-corrected chi connectivity index (χ4v) is 3.58. The summed E-state index contributed by atoms with van der Waals surface area (Å²) < 4.78 is 0. The van der Waals surface area contributed by atoms with Crippen LogP contribution in [0.1, 0.15) is 30.7 Å². The van der Waals surface area contributed by atoms with Gasteiger partial charge < -0.3 is 10.2 Å². The summed E-state index contributed by atoms with van der Waals surface area (Å²) in [4.78, 5) is 23.3. The fraction of sp³-hybridized carbons (Fsp3) is 0.421. The Hall–Kier alpha value is -2.43. The number of nitrogens with zero attached hydrogens (tertiary/aromatic N) is 3. The Balaban J connectivity index is 1.34. The number of rotatable bonds is 4. The predicted octanol–water partition coefficient (Wildman–Crippen LogP) is 2.37. The highest BCUT2D eigenvalue weighted by Crippen LogP contribution is 2.40. The highest BCUT2D eigenvalue weighted by molar-refractivity contribution is 5.80. The molecule has 0 bridgehead atoms. The van der Waals surface area contributed by atoms with E-state index in [1.54, 1.807) is 18.6 Å². The molecule has 3 unspecified atom stereocenters. The molecule has 2 aliphatic rings. The minimum absolute atomic E-state index is 0.0396. The molecule has 0 spiro atoms. The van der Waals surface area contributed by atoms with Gasteiger partial charge in [-0.1, -0.05) is 30.3 Å². The predicted molar refractivity (Wildman–Crippen MR) is 92.7 cm³/mol. The molecule has 1 N–H and O–H groups in total. The van der Waals surface area contributed by atoms with Crippen molar-refractivity contribution >= 4 is 11.7 Å². The van der Waals surface area contributed by atoms with Crippen LogP contribution in [0.5, 0.6) is 0 Å². The van der Waals surface area contributed by atoms with E-state index in [9.17, 15) is 4.79 Å². The number of hydrogen-bond acceptors (Lipinski definition) is 4. The molecule has 1 saturated carbocycles. The Morgan fingerprint density at radius 1 is 1.21 bits per heavy atom. The topological polar surface area (TPSA) is 58.1 Å². The van der Waals surface area contributed by atoms with Crippen molar-refractivity contribution < 1.29 is 4.79 Å². The molecule has 1 aliphatic carbocycles. The molecule has 1 amide bonds. The molecule has 3 atom stereocenters. The van der Waals surface area contributed by atoms with Crippen LogP contribution in [0.2, 0.25) is 0 Å². The highest BCUT2D eigenvalue weighted by Gasteiger charge is 2.40. The minimum Gasteiger partial charge on any atom is -0.355 e. The van der Waals surface area contributed by atoms with Crippen LogP contribution in [0, 0.1) is 5.92 Å². The third-order valence-electron chi connectivity index (χ3n) is 5.01. The number of carbonyl (C=O) groups excluding carboxylic acids is 1. The van der Waals surface area contributed by atoms with Crippen molar-refractivity contribution in [2.45, 2.75) is 31.2 Å². The standard InChI is InChI=1S/C19H22N4O/c24-19(22-17-11-16(17)14-5-2-1-3-6-14)15-7-4-10-23(13-15)18-12-20-8-9-21-18/h1-3,5-6,8-9,12,15-17H,4,7,10-11,13H2,(H,22,24). The lowest BCUT2D eigenvalue weighted by molar-refractivity contribution is -0.125. The maximum Gasteiger partial charge on any atom is 0.225 e. The zero-order chi connectivity index (χ0) is 16.4. The lowest BCUT2D eigenvalue weighted by atomic mass is 9.97. The third-order valence-corrected chi connectivity index (χ3v) is 5.01. The molecular formula is C19H22N4O. The van der Waals surface area contributed by atoms with E-state index in [0.717, 1.165) is 38.2 Å². The number of amides is 1. The average Bonchev–Trinajstić information content (AvgIpc) is 3.42. The number of benzene rings is 1. The van der Waals surface area contributed by atoms with Gasteiger partial charge in [0.25, 0.3) is 0 Å². The molecular weight excluding hydrogens is 300 g/mol. The van der Waals surface area contributed by atoms with Gasteiger partial charge in [0.15, 0.2) is 0 Å². The summed E-state index contributed by atoms with van der Waals surface area (Å²) in [6.07, 6.45) is 8.16. The lowest BCUT2D eigenvalue weighted by Crippen LogP contribution is -2.44. The second kappa shape index (κ2) is 6.59. The maximum absolute atomic E-state index is 12.6. The van der Waals surface area contributed by atoms with Gasteiger partial charge in [-0.05, 0) is 24.8 Å². The van der Waals surface area contributed by atoms with Crippen molar-refractivity contribution in [1.82, 2.24) is 15.3 Å². The number of carbonyl (C=O) groups is 1. The molecule has 1 aromatic carbocycles. The van der Waals surface area contributed by atoms with Crippen molar-refractivity contribution in [3.05, 3.63) is 54.5 Å². The highest BCUT2D eigenvalue weighted by atomic mass is 16.2. The summed E-state index contributed by atoms with van der Waals surface area (Å²) in [5.74, 6) is 1.57. The Labute approximate surface area is 142 Å². The van der Waals surface area contributed by atoms with E-state index in [1.165, 1.54) is 5.56 Å². The first-order valence-corrected chi connectivity index (χ1v) is 8.67. The molecule has 2 heterocycles. The lowest BCUT2D eigenvalue weighted by Gasteiger charge is -2.32. The molecule has 1 aliphatic heterocycles. The molecule has 2 aromatic rings. The van der Waals surface area contributed by atoms with Crippen molar-refractivity contribution in [1.29, 1.82) is 0 Å². The van der Waals surface area contributed by atoms with Crippen LogP contribution in [-0.4, -0.2) is 35.0 Å². The van der Waals surface area contributed by atoms with Crippen molar-refractivity contribution in [2.24, 2.45) is 5.92 Å². The van der Waals surface area contributed by atoms with E-state index >= 15 is 0 Å². The molecule has 0 radical (unpaired) electrons. The van der Waals surface area contributed by atoms with Gasteiger partial charge in [0.2, 0.25) is 5.91 Å². The second-order valence-corrected chi connectivity index (χ2v) is 6.72. The molecule has 1 aromatic heterocycles. The summed E-state index contributed by atoms with van der Waals surface area (Å²) in [7, 11) is 0. The summed E-state index contributed by atoms with van der Waals surface area (Å²) >= 11 is 0. The first-order valence-electron chi connectivity index (χ1n) is 8.67. The first-order chi connectivity index (χ1) is 11.8. The Morgan fingerprint density at radius 3 is 2.88 bits per heavy atom. The normalized spacial score (nSPS) is 26.0. The SMILES string of the molecule is O=C(NC1CC1c1ccccc1)C1CCCN(c2cnccn2)C1. The number of piperidine rings is 1. The van der Waals surface area contributed by atoms with Crippen LogP contribution in [0.4, 0.5) is 5.82 Å². The smallest absolute Gasteiger partial charge is 0.225 e. The van der Waals surface area contributed by atoms with Crippen LogP contribution in [0.15, 0.2) is 48.9 Å². The van der Waals surface area contributed by atoms with Crippen LogP contribution in [0.3, 0.4) is 0 Å². The van der Waals surface area contributed by atoms with Gasteiger partial charge in [-0.3, -0.25) is 9.78 Å². The molecule has 124 valence electrons. The number of aromatic nitrogens is 2. The van der Waals surface area contributed by atoms with Crippen molar-refractivity contribution in [3.8, 4) is 0 Å². The third kappa shape index (κ3) is 3.25. The monoisotopic (exact) mass is 322 g/mol. The summed E-state index contributed by atoms with van der Waals surface area (Å²) in [6, 6.07) is 10.7. The van der Waals surface area contributed by atoms with Gasteiger partial charge in [-0.25, -0.2) is 4.98 Å². The average molecular weight is 322 g/mol. The molecule has 1 saturated heterocycles. The Kier molecular flexibility index (Phi) is 4.15. The van der Waals surface area contributed by atoms with E-state index in [0.29, 0.717) is 12.0 Å². The maximum atomic E-state index is 12.6.